The zero-order valence-electron chi connectivity index (χ0n) is 11.2. The predicted molar refractivity (Wildman–Crippen MR) is 75.5 cm³/mol. The third-order valence-electron chi connectivity index (χ3n) is 3.50. The van der Waals surface area contributed by atoms with E-state index in [-0.39, 0.29) is 13.2 Å². The Hall–Kier alpha value is -1.34. The Morgan fingerprint density at radius 1 is 1.26 bits per heavy atom. The van der Waals surface area contributed by atoms with Crippen LogP contribution >= 0.6 is 0 Å². The number of rotatable bonds is 4. The molecule has 0 bridgehead atoms. The summed E-state index contributed by atoms with van der Waals surface area (Å²) in [6.07, 6.45) is 1.60. The van der Waals surface area contributed by atoms with Crippen LogP contribution in [0.1, 0.15) is 24.0 Å². The quantitative estimate of drug-likeness (QED) is 0.800. The van der Waals surface area contributed by atoms with E-state index in [1.165, 1.54) is 5.56 Å². The van der Waals surface area contributed by atoms with Gasteiger partial charge in [-0.15, -0.1) is 0 Å². The molecule has 0 saturated carbocycles. The minimum absolute atomic E-state index is 0.111. The number of aliphatic hydroxyl groups is 2. The van der Waals surface area contributed by atoms with Crippen molar-refractivity contribution >= 4 is 0 Å². The molecule has 1 atom stereocenters. The SMILES string of the molecule is OCCC#Cc1ccccc1CN1CCC(CO)C1. The molecule has 1 aromatic carbocycles. The zero-order chi connectivity index (χ0) is 13.5. The molecule has 0 radical (unpaired) electrons. The first kappa shape index (κ1) is 14.1. The van der Waals surface area contributed by atoms with Crippen molar-refractivity contribution in [2.75, 3.05) is 26.3 Å². The second kappa shape index (κ2) is 7.30. The van der Waals surface area contributed by atoms with Crippen LogP contribution in [-0.2, 0) is 6.54 Å². The second-order valence-corrected chi connectivity index (χ2v) is 5.00. The van der Waals surface area contributed by atoms with Crippen molar-refractivity contribution in [3.63, 3.8) is 0 Å². The standard InChI is InChI=1S/C16H21NO2/c18-10-4-3-6-15-5-1-2-7-16(15)12-17-9-8-14(11-17)13-19/h1-2,5,7,14,18-19H,4,8-13H2. The average molecular weight is 259 g/mol. The van der Waals surface area contributed by atoms with Crippen LogP contribution in [0.2, 0.25) is 0 Å². The van der Waals surface area contributed by atoms with Crippen molar-refractivity contribution in [3.8, 4) is 11.8 Å². The highest BCUT2D eigenvalue weighted by Gasteiger charge is 2.21. The summed E-state index contributed by atoms with van der Waals surface area (Å²) in [4.78, 5) is 2.37. The summed E-state index contributed by atoms with van der Waals surface area (Å²) < 4.78 is 0. The Labute approximate surface area is 114 Å². The van der Waals surface area contributed by atoms with Gasteiger partial charge < -0.3 is 10.2 Å². The van der Waals surface area contributed by atoms with Gasteiger partial charge in [0.2, 0.25) is 0 Å². The molecule has 1 saturated heterocycles. The van der Waals surface area contributed by atoms with Crippen molar-refractivity contribution in [1.82, 2.24) is 4.90 Å². The topological polar surface area (TPSA) is 43.7 Å². The van der Waals surface area contributed by atoms with E-state index >= 15 is 0 Å². The molecule has 1 heterocycles. The summed E-state index contributed by atoms with van der Waals surface area (Å²) in [6.45, 7) is 3.30. The molecule has 1 aromatic rings. The summed E-state index contributed by atoms with van der Waals surface area (Å²) in [5.41, 5.74) is 2.27. The van der Waals surface area contributed by atoms with Crippen molar-refractivity contribution in [2.45, 2.75) is 19.4 Å². The smallest absolute Gasteiger partial charge is 0.0540 e. The van der Waals surface area contributed by atoms with E-state index in [0.29, 0.717) is 12.3 Å². The molecule has 0 spiro atoms. The highest BCUT2D eigenvalue weighted by Crippen LogP contribution is 2.19. The molecule has 19 heavy (non-hydrogen) atoms. The maximum atomic E-state index is 9.18. The molecule has 2 N–H and O–H groups in total. The van der Waals surface area contributed by atoms with Gasteiger partial charge in [-0.1, -0.05) is 30.0 Å². The van der Waals surface area contributed by atoms with E-state index in [1.54, 1.807) is 0 Å². The second-order valence-electron chi connectivity index (χ2n) is 5.00. The summed E-state index contributed by atoms with van der Waals surface area (Å²) >= 11 is 0. The van der Waals surface area contributed by atoms with Gasteiger partial charge in [-0.2, -0.15) is 0 Å². The number of likely N-dealkylation sites (tertiary alicyclic amines) is 1. The number of benzene rings is 1. The van der Waals surface area contributed by atoms with E-state index in [9.17, 15) is 5.11 Å². The van der Waals surface area contributed by atoms with Crippen molar-refractivity contribution in [3.05, 3.63) is 35.4 Å². The molecule has 1 unspecified atom stereocenters. The lowest BCUT2D eigenvalue weighted by molar-refractivity contribution is 0.220. The van der Waals surface area contributed by atoms with Crippen LogP contribution in [0.3, 0.4) is 0 Å². The third kappa shape index (κ3) is 4.07. The Kier molecular flexibility index (Phi) is 5.41. The van der Waals surface area contributed by atoms with Gasteiger partial charge >= 0.3 is 0 Å². The summed E-state index contributed by atoms with van der Waals surface area (Å²) in [7, 11) is 0. The molecule has 0 aromatic heterocycles. The summed E-state index contributed by atoms with van der Waals surface area (Å²) in [6, 6.07) is 8.16. The normalized spacial score (nSPS) is 19.2. The lowest BCUT2D eigenvalue weighted by Crippen LogP contribution is -2.21. The van der Waals surface area contributed by atoms with E-state index in [1.807, 2.05) is 18.2 Å². The van der Waals surface area contributed by atoms with E-state index in [0.717, 1.165) is 31.6 Å². The summed E-state index contributed by atoms with van der Waals surface area (Å²) in [5, 5.41) is 17.9. The first-order valence-corrected chi connectivity index (χ1v) is 6.84. The van der Waals surface area contributed by atoms with Crippen LogP contribution in [0.5, 0.6) is 0 Å². The van der Waals surface area contributed by atoms with Gasteiger partial charge in [0.15, 0.2) is 0 Å². The highest BCUT2D eigenvalue weighted by molar-refractivity contribution is 5.41. The highest BCUT2D eigenvalue weighted by atomic mass is 16.3. The van der Waals surface area contributed by atoms with Gasteiger partial charge in [-0.05, 0) is 30.5 Å². The molecule has 1 aliphatic rings. The fourth-order valence-corrected chi connectivity index (χ4v) is 2.44. The molecule has 0 aliphatic carbocycles. The molecule has 3 nitrogen and oxygen atoms in total. The monoisotopic (exact) mass is 259 g/mol. The predicted octanol–water partition coefficient (Wildman–Crippen LogP) is 1.23. The minimum atomic E-state index is 0.111. The molecule has 3 heteroatoms. The molecule has 1 aliphatic heterocycles. The molecular weight excluding hydrogens is 238 g/mol. The number of hydrogen-bond donors (Lipinski definition) is 2. The van der Waals surface area contributed by atoms with Crippen LogP contribution in [0, 0.1) is 17.8 Å². The molecule has 0 amide bonds. The van der Waals surface area contributed by atoms with Gasteiger partial charge in [0.25, 0.3) is 0 Å². The van der Waals surface area contributed by atoms with Gasteiger partial charge in [0.1, 0.15) is 0 Å². The van der Waals surface area contributed by atoms with Gasteiger partial charge in [0, 0.05) is 31.7 Å². The maximum absolute atomic E-state index is 9.18. The van der Waals surface area contributed by atoms with Crippen LogP contribution in [0.15, 0.2) is 24.3 Å². The fraction of sp³-hybridized carbons (Fsp3) is 0.500. The molecular formula is C16H21NO2. The van der Waals surface area contributed by atoms with Crippen LogP contribution in [0.4, 0.5) is 0 Å². The van der Waals surface area contributed by atoms with Gasteiger partial charge in [-0.3, -0.25) is 4.90 Å². The Balaban J connectivity index is 2.02. The summed E-state index contributed by atoms with van der Waals surface area (Å²) in [5.74, 6) is 6.53. The fourth-order valence-electron chi connectivity index (χ4n) is 2.44. The largest absolute Gasteiger partial charge is 0.396 e. The van der Waals surface area contributed by atoms with Gasteiger partial charge in [-0.25, -0.2) is 0 Å². The third-order valence-corrected chi connectivity index (χ3v) is 3.50. The minimum Gasteiger partial charge on any atom is -0.396 e. The van der Waals surface area contributed by atoms with Crippen LogP contribution < -0.4 is 0 Å². The number of nitrogens with zero attached hydrogens (tertiary/aromatic N) is 1. The molecule has 102 valence electrons. The van der Waals surface area contributed by atoms with E-state index in [2.05, 4.69) is 22.8 Å². The van der Waals surface area contributed by atoms with Crippen molar-refractivity contribution in [1.29, 1.82) is 0 Å². The first-order valence-electron chi connectivity index (χ1n) is 6.84. The van der Waals surface area contributed by atoms with Gasteiger partial charge in [0.05, 0.1) is 6.61 Å². The van der Waals surface area contributed by atoms with Crippen molar-refractivity contribution in [2.24, 2.45) is 5.92 Å². The Morgan fingerprint density at radius 2 is 2.11 bits per heavy atom. The van der Waals surface area contributed by atoms with E-state index in [4.69, 9.17) is 5.11 Å². The lowest BCUT2D eigenvalue weighted by Gasteiger charge is -2.16. The Morgan fingerprint density at radius 3 is 2.84 bits per heavy atom. The average Bonchev–Trinajstić information content (AvgIpc) is 2.89. The van der Waals surface area contributed by atoms with E-state index < -0.39 is 0 Å². The number of aliphatic hydroxyl groups excluding tert-OH is 2. The lowest BCUT2D eigenvalue weighted by atomic mass is 10.1. The first-order chi connectivity index (χ1) is 9.33. The van der Waals surface area contributed by atoms with Crippen molar-refractivity contribution < 1.29 is 10.2 Å². The Bertz CT molecular complexity index is 461. The molecule has 1 fully saturated rings. The number of hydrogen-bond acceptors (Lipinski definition) is 3. The van der Waals surface area contributed by atoms with Crippen LogP contribution in [0.25, 0.3) is 0 Å². The van der Waals surface area contributed by atoms with Crippen LogP contribution in [-0.4, -0.2) is 41.4 Å². The maximum Gasteiger partial charge on any atom is 0.0540 e. The zero-order valence-corrected chi connectivity index (χ0v) is 11.2. The molecule has 2 rings (SSSR count).